The molecule has 2 aromatic rings. The number of oxime groups is 1. The average molecular weight is 440 g/mol. The summed E-state index contributed by atoms with van der Waals surface area (Å²) in [5.74, 6) is 1.87. The summed E-state index contributed by atoms with van der Waals surface area (Å²) in [6.07, 6.45) is 10.0. The minimum absolute atomic E-state index is 0.450. The van der Waals surface area contributed by atoms with Gasteiger partial charge in [-0.1, -0.05) is 41.6 Å². The molecule has 0 spiro atoms. The van der Waals surface area contributed by atoms with Crippen molar-refractivity contribution >= 4 is 6.21 Å². The second-order valence-corrected chi connectivity index (χ2v) is 7.73. The monoisotopic (exact) mass is 439 g/mol. The maximum Gasteiger partial charge on any atom is 0.125 e. The molecule has 2 aromatic carbocycles. The Morgan fingerprint density at radius 3 is 2.28 bits per heavy atom. The molecule has 0 aliphatic heterocycles. The maximum atomic E-state index is 6.08. The van der Waals surface area contributed by atoms with Crippen molar-refractivity contribution in [3.63, 3.8) is 0 Å². The molecule has 0 bridgehead atoms. The van der Waals surface area contributed by atoms with Crippen LogP contribution in [0.4, 0.5) is 0 Å². The molecule has 0 aliphatic carbocycles. The first-order valence-corrected chi connectivity index (χ1v) is 11.3. The second kappa shape index (κ2) is 15.1. The van der Waals surface area contributed by atoms with Crippen LogP contribution in [-0.2, 0) is 22.6 Å². The van der Waals surface area contributed by atoms with Crippen LogP contribution in [0.15, 0.2) is 53.7 Å². The molecule has 0 heterocycles. The zero-order valence-corrected chi connectivity index (χ0v) is 19.9. The summed E-state index contributed by atoms with van der Waals surface area (Å²) in [5.41, 5.74) is 4.76. The van der Waals surface area contributed by atoms with Crippen molar-refractivity contribution < 1.29 is 19.0 Å². The molecule has 0 saturated carbocycles. The minimum atomic E-state index is 0.450. The summed E-state index contributed by atoms with van der Waals surface area (Å²) in [4.78, 5) is 4.60. The van der Waals surface area contributed by atoms with Crippen molar-refractivity contribution in [2.24, 2.45) is 5.16 Å². The van der Waals surface area contributed by atoms with Gasteiger partial charge < -0.3 is 19.0 Å². The number of benzene rings is 2. The molecule has 2 rings (SSSR count). The highest BCUT2D eigenvalue weighted by Crippen LogP contribution is 2.28. The number of hydrogen-bond acceptors (Lipinski definition) is 5. The van der Waals surface area contributed by atoms with Crippen molar-refractivity contribution in [1.82, 2.24) is 0 Å². The molecule has 0 N–H and O–H groups in total. The molecule has 0 aromatic heterocycles. The maximum absolute atomic E-state index is 6.08. The fourth-order valence-corrected chi connectivity index (χ4v) is 3.38. The smallest absolute Gasteiger partial charge is 0.125 e. The highest BCUT2D eigenvalue weighted by molar-refractivity contribution is 5.57. The van der Waals surface area contributed by atoms with Gasteiger partial charge in [-0.3, -0.25) is 0 Å². The van der Waals surface area contributed by atoms with E-state index in [2.05, 4.69) is 48.1 Å². The molecule has 32 heavy (non-hydrogen) atoms. The van der Waals surface area contributed by atoms with Gasteiger partial charge in [0.05, 0.1) is 26.0 Å². The van der Waals surface area contributed by atoms with E-state index in [-0.39, 0.29) is 0 Å². The normalized spacial score (nSPS) is 11.4. The molecule has 0 saturated heterocycles. The van der Waals surface area contributed by atoms with Gasteiger partial charge >= 0.3 is 0 Å². The van der Waals surface area contributed by atoms with Crippen molar-refractivity contribution in [3.05, 3.63) is 70.8 Å². The van der Waals surface area contributed by atoms with Gasteiger partial charge in [0, 0.05) is 0 Å². The number of aryl methyl sites for hydroxylation is 3. The van der Waals surface area contributed by atoms with Gasteiger partial charge in [0.1, 0.15) is 25.2 Å². The lowest BCUT2D eigenvalue weighted by Crippen LogP contribution is -2.02. The predicted octanol–water partition coefficient (Wildman–Crippen LogP) is 6.20. The summed E-state index contributed by atoms with van der Waals surface area (Å²) < 4.78 is 17.3. The van der Waals surface area contributed by atoms with Crippen molar-refractivity contribution in [2.45, 2.75) is 53.1 Å². The zero-order valence-electron chi connectivity index (χ0n) is 19.9. The van der Waals surface area contributed by atoms with Gasteiger partial charge in [-0.2, -0.15) is 0 Å². The lowest BCUT2D eigenvalue weighted by atomic mass is 10.1. The molecular weight excluding hydrogens is 402 g/mol. The van der Waals surface area contributed by atoms with Crippen LogP contribution in [-0.4, -0.2) is 33.1 Å². The second-order valence-electron chi connectivity index (χ2n) is 7.73. The highest BCUT2D eigenvalue weighted by atomic mass is 16.6. The lowest BCUT2D eigenvalue weighted by molar-refractivity contribution is 0.154. The molecule has 0 radical (unpaired) electrons. The number of ether oxygens (including phenoxy) is 3. The Morgan fingerprint density at radius 2 is 1.59 bits per heavy atom. The van der Waals surface area contributed by atoms with E-state index in [1.165, 1.54) is 12.7 Å². The van der Waals surface area contributed by atoms with Crippen LogP contribution >= 0.6 is 0 Å². The summed E-state index contributed by atoms with van der Waals surface area (Å²) in [6, 6.07) is 12.7. The first-order chi connectivity index (χ1) is 15.6. The fraction of sp³-hybridized carbons (Fsp3) is 0.444. The van der Waals surface area contributed by atoms with E-state index in [9.17, 15) is 0 Å². The summed E-state index contributed by atoms with van der Waals surface area (Å²) in [7, 11) is 1.52. The molecule has 0 fully saturated rings. The first kappa shape index (κ1) is 25.5. The van der Waals surface area contributed by atoms with E-state index in [1.54, 1.807) is 6.21 Å². The van der Waals surface area contributed by atoms with Crippen LogP contribution in [0.5, 0.6) is 11.5 Å². The third-order valence-corrected chi connectivity index (χ3v) is 5.04. The van der Waals surface area contributed by atoms with Crippen molar-refractivity contribution in [3.8, 4) is 11.5 Å². The SMILES string of the molecule is C/C=C/COc1cc(C)c(OCCCCCc2ccc(COC/C=N/OC)cc2)c(C)c1. The Kier molecular flexibility index (Phi) is 12.0. The Hall–Kier alpha value is -2.79. The number of rotatable bonds is 15. The van der Waals surface area contributed by atoms with E-state index in [0.717, 1.165) is 60.5 Å². The molecule has 5 heteroatoms. The molecule has 5 nitrogen and oxygen atoms in total. The third kappa shape index (κ3) is 9.56. The highest BCUT2D eigenvalue weighted by Gasteiger charge is 2.07. The van der Waals surface area contributed by atoms with Gasteiger partial charge in [0.2, 0.25) is 0 Å². The van der Waals surface area contributed by atoms with Crippen LogP contribution in [0.2, 0.25) is 0 Å². The van der Waals surface area contributed by atoms with Crippen LogP contribution in [0.3, 0.4) is 0 Å². The van der Waals surface area contributed by atoms with Crippen molar-refractivity contribution in [1.29, 1.82) is 0 Å². The quantitative estimate of drug-likeness (QED) is 0.143. The van der Waals surface area contributed by atoms with Gasteiger partial charge in [-0.05, 0) is 80.8 Å². The summed E-state index contributed by atoms with van der Waals surface area (Å²) in [5, 5.41) is 3.65. The Bertz CT molecular complexity index is 820. The fourth-order valence-electron chi connectivity index (χ4n) is 3.38. The molecular formula is C27H37NO4. The topological polar surface area (TPSA) is 49.3 Å². The minimum Gasteiger partial charge on any atom is -0.493 e. The Morgan fingerprint density at radius 1 is 0.875 bits per heavy atom. The van der Waals surface area contributed by atoms with E-state index in [0.29, 0.717) is 19.8 Å². The van der Waals surface area contributed by atoms with Gasteiger partial charge in [0.25, 0.3) is 0 Å². The standard InChI is InChI=1S/C27H37NO4/c1-5-6-16-31-26-19-22(2)27(23(3)20-26)32-17-9-7-8-10-24-11-13-25(14-12-24)21-30-18-15-28-29-4/h5-6,11-15,19-20H,7-10,16-18,21H2,1-4H3/b6-5+,28-15+. The zero-order chi connectivity index (χ0) is 23.0. The van der Waals surface area contributed by atoms with Crippen molar-refractivity contribution in [2.75, 3.05) is 26.9 Å². The molecule has 174 valence electrons. The van der Waals surface area contributed by atoms with E-state index < -0.39 is 0 Å². The van der Waals surface area contributed by atoms with E-state index in [4.69, 9.17) is 14.2 Å². The van der Waals surface area contributed by atoms with Crippen LogP contribution in [0.25, 0.3) is 0 Å². The van der Waals surface area contributed by atoms with Crippen LogP contribution < -0.4 is 9.47 Å². The average Bonchev–Trinajstić information content (AvgIpc) is 2.78. The van der Waals surface area contributed by atoms with E-state index >= 15 is 0 Å². The van der Waals surface area contributed by atoms with Gasteiger partial charge in [-0.25, -0.2) is 0 Å². The largest absolute Gasteiger partial charge is 0.493 e. The molecule has 0 amide bonds. The Balaban J connectivity index is 1.64. The van der Waals surface area contributed by atoms with Gasteiger partial charge in [-0.15, -0.1) is 0 Å². The number of allylic oxidation sites excluding steroid dienone is 1. The summed E-state index contributed by atoms with van der Waals surface area (Å²) in [6.45, 7) is 8.51. The molecule has 0 atom stereocenters. The lowest BCUT2D eigenvalue weighted by Gasteiger charge is -2.14. The third-order valence-electron chi connectivity index (χ3n) is 5.04. The first-order valence-electron chi connectivity index (χ1n) is 11.3. The van der Waals surface area contributed by atoms with Gasteiger partial charge in [0.15, 0.2) is 0 Å². The van der Waals surface area contributed by atoms with Crippen LogP contribution in [0.1, 0.15) is 48.4 Å². The molecule has 0 unspecified atom stereocenters. The number of hydrogen-bond donors (Lipinski definition) is 0. The predicted molar refractivity (Wildman–Crippen MR) is 131 cm³/mol. The van der Waals surface area contributed by atoms with Crippen LogP contribution in [0, 0.1) is 13.8 Å². The summed E-state index contributed by atoms with van der Waals surface area (Å²) >= 11 is 0. The van der Waals surface area contributed by atoms with E-state index in [1.807, 2.05) is 31.2 Å². The Labute approximate surface area is 193 Å². The number of unbranched alkanes of at least 4 members (excludes halogenated alkanes) is 2. The number of nitrogens with zero attached hydrogens (tertiary/aromatic N) is 1. The molecule has 0 aliphatic rings.